The van der Waals surface area contributed by atoms with Gasteiger partial charge in [-0.2, -0.15) is 5.10 Å². The van der Waals surface area contributed by atoms with Crippen LogP contribution in [0.1, 0.15) is 36.3 Å². The van der Waals surface area contributed by atoms with Crippen LogP contribution in [0.2, 0.25) is 0 Å². The summed E-state index contributed by atoms with van der Waals surface area (Å²) in [4.78, 5) is 0. The van der Waals surface area contributed by atoms with Crippen molar-refractivity contribution >= 4 is 0 Å². The van der Waals surface area contributed by atoms with Gasteiger partial charge in [-0.25, -0.2) is 0 Å². The minimum atomic E-state index is 0.372. The molecule has 1 aromatic heterocycles. The van der Waals surface area contributed by atoms with E-state index in [2.05, 4.69) is 53.7 Å². The van der Waals surface area contributed by atoms with Crippen molar-refractivity contribution in [3.05, 3.63) is 53.3 Å². The molecule has 2 rings (SSSR count). The molecule has 1 aromatic carbocycles. The van der Waals surface area contributed by atoms with Gasteiger partial charge in [0.25, 0.3) is 0 Å². The fourth-order valence-corrected chi connectivity index (χ4v) is 2.51. The molecule has 0 saturated heterocycles. The highest BCUT2D eigenvalue weighted by Crippen LogP contribution is 2.19. The smallest absolute Gasteiger partial charge is 0.0597 e. The minimum Gasteiger partial charge on any atom is -0.309 e. The third kappa shape index (κ3) is 3.67. The molecule has 102 valence electrons. The fourth-order valence-electron chi connectivity index (χ4n) is 2.51. The van der Waals surface area contributed by atoms with Gasteiger partial charge < -0.3 is 5.32 Å². The summed E-state index contributed by atoms with van der Waals surface area (Å²) >= 11 is 0. The Balaban J connectivity index is 2.06. The Labute approximate surface area is 115 Å². The molecule has 0 fully saturated rings. The number of aryl methyl sites for hydroxylation is 3. The third-order valence-electron chi connectivity index (χ3n) is 3.41. The predicted molar refractivity (Wildman–Crippen MR) is 79.1 cm³/mol. The molecule has 1 N–H and O–H groups in total. The number of hydrogen-bond acceptors (Lipinski definition) is 2. The Bertz CT molecular complexity index is 502. The lowest BCUT2D eigenvalue weighted by atomic mass is 10.0. The molecule has 0 bridgehead atoms. The molecule has 0 amide bonds. The van der Waals surface area contributed by atoms with Gasteiger partial charge in [-0.15, -0.1) is 0 Å². The van der Waals surface area contributed by atoms with Crippen molar-refractivity contribution in [2.24, 2.45) is 7.05 Å². The molecule has 1 atom stereocenters. The number of hydrogen-bond donors (Lipinski definition) is 1. The standard InChI is InChI=1S/C16H23N3/c1-4-17-15(16-12-13(2)18-19(16)3)11-10-14-8-6-5-7-9-14/h5-9,12,15,17H,4,10-11H2,1-3H3. The third-order valence-corrected chi connectivity index (χ3v) is 3.41. The van der Waals surface area contributed by atoms with Gasteiger partial charge >= 0.3 is 0 Å². The number of benzene rings is 1. The normalized spacial score (nSPS) is 12.6. The van der Waals surface area contributed by atoms with Crippen molar-refractivity contribution in [1.82, 2.24) is 15.1 Å². The first kappa shape index (κ1) is 13.8. The van der Waals surface area contributed by atoms with Crippen molar-refractivity contribution in [3.63, 3.8) is 0 Å². The van der Waals surface area contributed by atoms with Crippen molar-refractivity contribution in [1.29, 1.82) is 0 Å². The zero-order valence-electron chi connectivity index (χ0n) is 12.1. The van der Waals surface area contributed by atoms with Gasteiger partial charge in [0, 0.05) is 13.1 Å². The van der Waals surface area contributed by atoms with Gasteiger partial charge in [-0.05, 0) is 37.9 Å². The van der Waals surface area contributed by atoms with Crippen molar-refractivity contribution < 1.29 is 0 Å². The van der Waals surface area contributed by atoms with E-state index >= 15 is 0 Å². The van der Waals surface area contributed by atoms with Crippen LogP contribution in [0.25, 0.3) is 0 Å². The molecule has 0 aliphatic heterocycles. The summed E-state index contributed by atoms with van der Waals surface area (Å²) in [6, 6.07) is 13.2. The van der Waals surface area contributed by atoms with Crippen LogP contribution in [0, 0.1) is 6.92 Å². The van der Waals surface area contributed by atoms with Crippen molar-refractivity contribution in [2.75, 3.05) is 6.54 Å². The molecule has 1 unspecified atom stereocenters. The van der Waals surface area contributed by atoms with E-state index in [1.807, 2.05) is 18.7 Å². The second-order valence-electron chi connectivity index (χ2n) is 4.97. The second kappa shape index (κ2) is 6.53. The maximum absolute atomic E-state index is 4.45. The second-order valence-corrected chi connectivity index (χ2v) is 4.97. The highest BCUT2D eigenvalue weighted by Gasteiger charge is 2.14. The van der Waals surface area contributed by atoms with E-state index in [9.17, 15) is 0 Å². The summed E-state index contributed by atoms with van der Waals surface area (Å²) in [6.45, 7) is 5.17. The van der Waals surface area contributed by atoms with Crippen LogP contribution in [-0.2, 0) is 13.5 Å². The zero-order chi connectivity index (χ0) is 13.7. The number of nitrogens with zero attached hydrogens (tertiary/aromatic N) is 2. The molecular weight excluding hydrogens is 234 g/mol. The van der Waals surface area contributed by atoms with Crippen LogP contribution in [0.3, 0.4) is 0 Å². The Morgan fingerprint density at radius 3 is 2.58 bits per heavy atom. The van der Waals surface area contributed by atoms with Crippen LogP contribution in [0.15, 0.2) is 36.4 Å². The van der Waals surface area contributed by atoms with Crippen LogP contribution in [-0.4, -0.2) is 16.3 Å². The van der Waals surface area contributed by atoms with Gasteiger partial charge in [0.2, 0.25) is 0 Å². The van der Waals surface area contributed by atoms with Crippen LogP contribution < -0.4 is 5.32 Å². The van der Waals surface area contributed by atoms with Crippen LogP contribution >= 0.6 is 0 Å². The molecule has 19 heavy (non-hydrogen) atoms. The Morgan fingerprint density at radius 2 is 2.00 bits per heavy atom. The average molecular weight is 257 g/mol. The molecule has 0 spiro atoms. The lowest BCUT2D eigenvalue weighted by molar-refractivity contribution is 0.480. The van der Waals surface area contributed by atoms with E-state index < -0.39 is 0 Å². The lowest BCUT2D eigenvalue weighted by Gasteiger charge is -2.18. The SMILES string of the molecule is CCNC(CCc1ccccc1)c1cc(C)nn1C. The topological polar surface area (TPSA) is 29.9 Å². The molecule has 0 saturated carbocycles. The summed E-state index contributed by atoms with van der Waals surface area (Å²) in [6.07, 6.45) is 2.18. The number of aromatic nitrogens is 2. The summed E-state index contributed by atoms with van der Waals surface area (Å²) in [7, 11) is 2.02. The average Bonchev–Trinajstić information content (AvgIpc) is 2.75. The molecule has 1 heterocycles. The molecule has 3 nitrogen and oxygen atoms in total. The summed E-state index contributed by atoms with van der Waals surface area (Å²) in [5.74, 6) is 0. The maximum atomic E-state index is 4.45. The first-order chi connectivity index (χ1) is 9.20. The fraction of sp³-hybridized carbons (Fsp3) is 0.438. The Hall–Kier alpha value is -1.61. The van der Waals surface area contributed by atoms with E-state index in [1.54, 1.807) is 0 Å². The van der Waals surface area contributed by atoms with E-state index in [0.29, 0.717) is 6.04 Å². The van der Waals surface area contributed by atoms with Crippen molar-refractivity contribution in [3.8, 4) is 0 Å². The first-order valence-corrected chi connectivity index (χ1v) is 6.98. The highest BCUT2D eigenvalue weighted by molar-refractivity contribution is 5.17. The Kier molecular flexibility index (Phi) is 4.74. The Morgan fingerprint density at radius 1 is 1.26 bits per heavy atom. The van der Waals surface area contributed by atoms with Gasteiger partial charge in [-0.3, -0.25) is 4.68 Å². The van der Waals surface area contributed by atoms with Gasteiger partial charge in [0.1, 0.15) is 0 Å². The number of rotatable bonds is 6. The van der Waals surface area contributed by atoms with Crippen molar-refractivity contribution in [2.45, 2.75) is 32.7 Å². The monoisotopic (exact) mass is 257 g/mol. The predicted octanol–water partition coefficient (Wildman–Crippen LogP) is 3.01. The molecule has 0 radical (unpaired) electrons. The molecule has 3 heteroatoms. The largest absolute Gasteiger partial charge is 0.309 e. The highest BCUT2D eigenvalue weighted by atomic mass is 15.3. The first-order valence-electron chi connectivity index (χ1n) is 6.98. The summed E-state index contributed by atoms with van der Waals surface area (Å²) in [5.41, 5.74) is 3.75. The van der Waals surface area contributed by atoms with Gasteiger partial charge in [-0.1, -0.05) is 37.3 Å². The molecule has 0 aliphatic carbocycles. The van der Waals surface area contributed by atoms with Gasteiger partial charge in [0.15, 0.2) is 0 Å². The quantitative estimate of drug-likeness (QED) is 0.862. The van der Waals surface area contributed by atoms with Gasteiger partial charge in [0.05, 0.1) is 11.4 Å². The van der Waals surface area contributed by atoms with E-state index in [-0.39, 0.29) is 0 Å². The summed E-state index contributed by atoms with van der Waals surface area (Å²) < 4.78 is 1.99. The maximum Gasteiger partial charge on any atom is 0.0597 e. The number of nitrogens with one attached hydrogen (secondary N) is 1. The minimum absolute atomic E-state index is 0.372. The van der Waals surface area contributed by atoms with E-state index in [4.69, 9.17) is 0 Å². The van der Waals surface area contributed by atoms with Crippen LogP contribution in [0.5, 0.6) is 0 Å². The molecule has 0 aliphatic rings. The van der Waals surface area contributed by atoms with E-state index in [0.717, 1.165) is 25.1 Å². The molecular formula is C16H23N3. The van der Waals surface area contributed by atoms with Crippen LogP contribution in [0.4, 0.5) is 0 Å². The molecule has 2 aromatic rings. The summed E-state index contributed by atoms with van der Waals surface area (Å²) in [5, 5.41) is 8.01. The zero-order valence-corrected chi connectivity index (χ0v) is 12.1. The van der Waals surface area contributed by atoms with E-state index in [1.165, 1.54) is 11.3 Å². The lowest BCUT2D eigenvalue weighted by Crippen LogP contribution is -2.23.